The summed E-state index contributed by atoms with van der Waals surface area (Å²) in [5.41, 5.74) is 2.81. The van der Waals surface area contributed by atoms with E-state index in [1.165, 1.54) is 12.1 Å². The molecular formula is C7H7BrFNO. The van der Waals surface area contributed by atoms with E-state index in [1.54, 1.807) is 6.07 Å². The highest BCUT2D eigenvalue weighted by Gasteiger charge is 1.99. The first-order valence-electron chi connectivity index (χ1n) is 3.05. The van der Waals surface area contributed by atoms with Gasteiger partial charge in [-0.1, -0.05) is 22.0 Å². The highest BCUT2D eigenvalue weighted by Crippen LogP contribution is 2.17. The van der Waals surface area contributed by atoms with Gasteiger partial charge in [0, 0.05) is 11.0 Å². The summed E-state index contributed by atoms with van der Waals surface area (Å²) < 4.78 is 13.1. The average molecular weight is 220 g/mol. The fraction of sp³-hybridized carbons (Fsp3) is 0.143. The third-order valence-electron chi connectivity index (χ3n) is 1.28. The predicted molar refractivity (Wildman–Crippen MR) is 42.7 cm³/mol. The summed E-state index contributed by atoms with van der Waals surface area (Å²) in [6.45, 7) is 0.306. The third-order valence-corrected chi connectivity index (χ3v) is 2.02. The molecule has 1 aromatic carbocycles. The van der Waals surface area contributed by atoms with Crippen molar-refractivity contribution in [3.05, 3.63) is 34.1 Å². The fourth-order valence-electron chi connectivity index (χ4n) is 0.750. The molecule has 1 rings (SSSR count). The lowest BCUT2D eigenvalue weighted by Gasteiger charge is -2.01. The molecule has 1 aromatic rings. The van der Waals surface area contributed by atoms with Crippen molar-refractivity contribution >= 4 is 15.9 Å². The molecule has 0 bridgehead atoms. The zero-order valence-corrected chi connectivity index (χ0v) is 7.23. The largest absolute Gasteiger partial charge is 0.316 e. The Kier molecular flexibility index (Phi) is 2.99. The molecule has 0 saturated heterocycles. The van der Waals surface area contributed by atoms with Gasteiger partial charge in [0.05, 0.1) is 0 Å². The minimum absolute atomic E-state index is 0.293. The second-order valence-corrected chi connectivity index (χ2v) is 2.92. The normalized spacial score (nSPS) is 10.1. The summed E-state index contributed by atoms with van der Waals surface area (Å²) in [5.74, 6) is -0.293. The first kappa shape index (κ1) is 8.64. The molecule has 0 heterocycles. The van der Waals surface area contributed by atoms with E-state index in [4.69, 9.17) is 5.21 Å². The standard InChI is InChI=1S/C7H7BrFNO/c8-7-3-6(9)2-1-5(7)4-10-11/h1-3,10-11H,4H2. The molecule has 0 amide bonds. The maximum atomic E-state index is 12.5. The Labute approximate surface area is 72.1 Å². The molecule has 0 radical (unpaired) electrons. The van der Waals surface area contributed by atoms with Crippen LogP contribution in [0.25, 0.3) is 0 Å². The zero-order chi connectivity index (χ0) is 8.27. The van der Waals surface area contributed by atoms with Gasteiger partial charge in [-0.05, 0) is 17.7 Å². The summed E-state index contributed by atoms with van der Waals surface area (Å²) in [4.78, 5) is 0. The average Bonchev–Trinajstić information content (AvgIpc) is 1.95. The van der Waals surface area contributed by atoms with Crippen LogP contribution in [0.15, 0.2) is 22.7 Å². The molecule has 0 atom stereocenters. The van der Waals surface area contributed by atoms with Crippen LogP contribution < -0.4 is 5.48 Å². The van der Waals surface area contributed by atoms with Crippen LogP contribution in [0.1, 0.15) is 5.56 Å². The molecule has 4 heteroatoms. The Balaban J connectivity index is 2.90. The first-order chi connectivity index (χ1) is 5.24. The maximum Gasteiger partial charge on any atom is 0.124 e. The number of rotatable bonds is 2. The zero-order valence-electron chi connectivity index (χ0n) is 5.64. The van der Waals surface area contributed by atoms with Gasteiger partial charge in [-0.15, -0.1) is 0 Å². The number of hydroxylamine groups is 1. The van der Waals surface area contributed by atoms with E-state index in [2.05, 4.69) is 15.9 Å². The van der Waals surface area contributed by atoms with Crippen LogP contribution in [-0.4, -0.2) is 5.21 Å². The van der Waals surface area contributed by atoms with Gasteiger partial charge < -0.3 is 5.21 Å². The second-order valence-electron chi connectivity index (χ2n) is 2.07. The summed E-state index contributed by atoms with van der Waals surface area (Å²) in [6.07, 6.45) is 0. The Bertz CT molecular complexity index is 254. The van der Waals surface area contributed by atoms with Crippen LogP contribution in [0.3, 0.4) is 0 Å². The molecule has 0 unspecified atom stereocenters. The molecule has 2 nitrogen and oxygen atoms in total. The number of nitrogens with one attached hydrogen (secondary N) is 1. The van der Waals surface area contributed by atoms with E-state index >= 15 is 0 Å². The van der Waals surface area contributed by atoms with Gasteiger partial charge in [0.15, 0.2) is 0 Å². The fourth-order valence-corrected chi connectivity index (χ4v) is 1.24. The molecule has 0 saturated carbocycles. The van der Waals surface area contributed by atoms with Gasteiger partial charge in [0.2, 0.25) is 0 Å². The van der Waals surface area contributed by atoms with E-state index < -0.39 is 0 Å². The van der Waals surface area contributed by atoms with Crippen LogP contribution in [0.2, 0.25) is 0 Å². The van der Waals surface area contributed by atoms with E-state index in [9.17, 15) is 4.39 Å². The Morgan fingerprint density at radius 3 is 2.82 bits per heavy atom. The minimum Gasteiger partial charge on any atom is -0.316 e. The van der Waals surface area contributed by atoms with Crippen molar-refractivity contribution < 1.29 is 9.60 Å². The Morgan fingerprint density at radius 2 is 2.27 bits per heavy atom. The van der Waals surface area contributed by atoms with Crippen LogP contribution in [0, 0.1) is 5.82 Å². The lowest BCUT2D eigenvalue weighted by Crippen LogP contribution is -2.06. The molecule has 0 aliphatic heterocycles. The molecule has 2 N–H and O–H groups in total. The van der Waals surface area contributed by atoms with E-state index in [0.717, 1.165) is 5.56 Å². The van der Waals surface area contributed by atoms with Crippen LogP contribution >= 0.6 is 15.9 Å². The Morgan fingerprint density at radius 1 is 1.55 bits per heavy atom. The van der Waals surface area contributed by atoms with Crippen molar-refractivity contribution in [2.75, 3.05) is 0 Å². The summed E-state index contributed by atoms with van der Waals surface area (Å²) in [6, 6.07) is 4.30. The molecule has 0 spiro atoms. The van der Waals surface area contributed by atoms with Crippen LogP contribution in [-0.2, 0) is 6.54 Å². The number of hydrogen-bond acceptors (Lipinski definition) is 2. The topological polar surface area (TPSA) is 32.3 Å². The summed E-state index contributed by atoms with van der Waals surface area (Å²) >= 11 is 3.16. The van der Waals surface area contributed by atoms with Crippen molar-refractivity contribution in [1.29, 1.82) is 0 Å². The van der Waals surface area contributed by atoms with Crippen molar-refractivity contribution in [1.82, 2.24) is 5.48 Å². The lowest BCUT2D eigenvalue weighted by molar-refractivity contribution is 0.161. The van der Waals surface area contributed by atoms with Crippen molar-refractivity contribution in [3.63, 3.8) is 0 Å². The maximum absolute atomic E-state index is 12.5. The highest BCUT2D eigenvalue weighted by molar-refractivity contribution is 9.10. The van der Waals surface area contributed by atoms with E-state index in [1.807, 2.05) is 5.48 Å². The monoisotopic (exact) mass is 219 g/mol. The predicted octanol–water partition coefficient (Wildman–Crippen LogP) is 2.07. The lowest BCUT2D eigenvalue weighted by atomic mass is 10.2. The Hall–Kier alpha value is -0.450. The minimum atomic E-state index is -0.293. The van der Waals surface area contributed by atoms with Crippen molar-refractivity contribution in [3.8, 4) is 0 Å². The summed E-state index contributed by atoms with van der Waals surface area (Å²) in [5, 5.41) is 8.35. The quantitative estimate of drug-likeness (QED) is 0.747. The first-order valence-corrected chi connectivity index (χ1v) is 3.84. The van der Waals surface area contributed by atoms with Gasteiger partial charge >= 0.3 is 0 Å². The molecule has 11 heavy (non-hydrogen) atoms. The van der Waals surface area contributed by atoms with Crippen molar-refractivity contribution in [2.24, 2.45) is 0 Å². The number of benzene rings is 1. The molecule has 0 aliphatic carbocycles. The number of hydrogen-bond donors (Lipinski definition) is 2. The van der Waals surface area contributed by atoms with Gasteiger partial charge in [-0.2, -0.15) is 0 Å². The van der Waals surface area contributed by atoms with Gasteiger partial charge in [-0.25, -0.2) is 9.87 Å². The molecule has 0 aromatic heterocycles. The van der Waals surface area contributed by atoms with Crippen LogP contribution in [0.4, 0.5) is 4.39 Å². The second kappa shape index (κ2) is 3.80. The third kappa shape index (κ3) is 2.25. The van der Waals surface area contributed by atoms with E-state index in [0.29, 0.717) is 11.0 Å². The number of halogens is 2. The van der Waals surface area contributed by atoms with Gasteiger partial charge in [0.1, 0.15) is 5.82 Å². The molecule has 0 aliphatic rings. The molecular weight excluding hydrogens is 213 g/mol. The SMILES string of the molecule is ONCc1ccc(F)cc1Br. The summed E-state index contributed by atoms with van der Waals surface area (Å²) in [7, 11) is 0. The van der Waals surface area contributed by atoms with Crippen LogP contribution in [0.5, 0.6) is 0 Å². The van der Waals surface area contributed by atoms with E-state index in [-0.39, 0.29) is 5.82 Å². The smallest absolute Gasteiger partial charge is 0.124 e. The molecule has 60 valence electrons. The molecule has 0 fully saturated rings. The highest BCUT2D eigenvalue weighted by atomic mass is 79.9. The van der Waals surface area contributed by atoms with Gasteiger partial charge in [0.25, 0.3) is 0 Å². The van der Waals surface area contributed by atoms with Crippen molar-refractivity contribution in [2.45, 2.75) is 6.54 Å². The van der Waals surface area contributed by atoms with Gasteiger partial charge in [-0.3, -0.25) is 0 Å².